The van der Waals surface area contributed by atoms with Crippen molar-refractivity contribution in [1.29, 1.82) is 0 Å². The van der Waals surface area contributed by atoms with Crippen LogP contribution in [0, 0.1) is 5.92 Å². The first-order chi connectivity index (χ1) is 9.68. The third kappa shape index (κ3) is 4.09. The van der Waals surface area contributed by atoms with E-state index in [-0.39, 0.29) is 17.8 Å². The van der Waals surface area contributed by atoms with Crippen molar-refractivity contribution in [1.82, 2.24) is 0 Å². The number of hydrogen-bond acceptors (Lipinski definition) is 2. The molecule has 0 aromatic heterocycles. The molecule has 0 spiro atoms. The first-order valence-electron chi connectivity index (χ1n) is 7.98. The summed E-state index contributed by atoms with van der Waals surface area (Å²) >= 11 is 0. The number of carbonyl (C=O) groups excluding carboxylic acids is 1. The van der Waals surface area contributed by atoms with Crippen molar-refractivity contribution in [2.24, 2.45) is 5.92 Å². The van der Waals surface area contributed by atoms with Gasteiger partial charge < -0.3 is 4.74 Å². The van der Waals surface area contributed by atoms with Crippen LogP contribution in [0.3, 0.4) is 0 Å². The Bertz CT molecular complexity index is 429. The van der Waals surface area contributed by atoms with Gasteiger partial charge in [-0.3, -0.25) is 4.79 Å². The number of para-hydroxylation sites is 1. The monoisotopic (exact) mass is 274 g/mol. The van der Waals surface area contributed by atoms with E-state index in [4.69, 9.17) is 4.74 Å². The molecule has 1 aromatic carbocycles. The molecule has 110 valence electrons. The van der Waals surface area contributed by atoms with Crippen LogP contribution in [0.1, 0.15) is 69.2 Å². The molecular weight excluding hydrogens is 248 g/mol. The van der Waals surface area contributed by atoms with Crippen LogP contribution in [0.15, 0.2) is 24.3 Å². The molecule has 0 unspecified atom stereocenters. The SMILES string of the molecule is CC(C)Oc1ccccc1C(=O)C1CCCCCCC1. The van der Waals surface area contributed by atoms with Crippen LogP contribution in [-0.4, -0.2) is 11.9 Å². The third-order valence-corrected chi connectivity index (χ3v) is 3.99. The molecule has 0 heterocycles. The van der Waals surface area contributed by atoms with Gasteiger partial charge in [0.15, 0.2) is 5.78 Å². The topological polar surface area (TPSA) is 26.3 Å². The Morgan fingerprint density at radius 3 is 2.30 bits per heavy atom. The van der Waals surface area contributed by atoms with Crippen molar-refractivity contribution in [3.05, 3.63) is 29.8 Å². The second-order valence-electron chi connectivity index (χ2n) is 6.07. The Morgan fingerprint density at radius 1 is 1.05 bits per heavy atom. The van der Waals surface area contributed by atoms with Crippen LogP contribution >= 0.6 is 0 Å². The molecule has 0 aliphatic heterocycles. The van der Waals surface area contributed by atoms with Gasteiger partial charge in [-0.05, 0) is 38.8 Å². The zero-order chi connectivity index (χ0) is 14.4. The van der Waals surface area contributed by atoms with Gasteiger partial charge in [0.1, 0.15) is 5.75 Å². The van der Waals surface area contributed by atoms with Gasteiger partial charge in [0, 0.05) is 5.92 Å². The highest BCUT2D eigenvalue weighted by molar-refractivity contribution is 6.00. The standard InChI is InChI=1S/C18H26O2/c1-14(2)20-17-13-9-8-12-16(17)18(19)15-10-6-4-3-5-7-11-15/h8-9,12-15H,3-7,10-11H2,1-2H3. The smallest absolute Gasteiger partial charge is 0.169 e. The molecule has 0 saturated heterocycles. The fraction of sp³-hybridized carbons (Fsp3) is 0.611. The molecule has 0 bridgehead atoms. The first kappa shape index (κ1) is 15.1. The minimum atomic E-state index is 0.0984. The van der Waals surface area contributed by atoms with E-state index < -0.39 is 0 Å². The van der Waals surface area contributed by atoms with Crippen molar-refractivity contribution in [3.63, 3.8) is 0 Å². The molecule has 1 aliphatic rings. The van der Waals surface area contributed by atoms with Crippen LogP contribution in [-0.2, 0) is 0 Å². The minimum Gasteiger partial charge on any atom is -0.490 e. The maximum absolute atomic E-state index is 12.8. The first-order valence-corrected chi connectivity index (χ1v) is 7.98. The van der Waals surface area contributed by atoms with Gasteiger partial charge in [0.2, 0.25) is 0 Å². The summed E-state index contributed by atoms with van der Waals surface area (Å²) in [5, 5.41) is 0. The van der Waals surface area contributed by atoms with E-state index in [0.717, 1.165) is 24.2 Å². The van der Waals surface area contributed by atoms with Crippen molar-refractivity contribution >= 4 is 5.78 Å². The van der Waals surface area contributed by atoms with Gasteiger partial charge in [-0.15, -0.1) is 0 Å². The van der Waals surface area contributed by atoms with Crippen LogP contribution in [0.4, 0.5) is 0 Å². The molecule has 1 fully saturated rings. The average Bonchev–Trinajstić information content (AvgIpc) is 2.37. The van der Waals surface area contributed by atoms with E-state index in [1.165, 1.54) is 32.1 Å². The van der Waals surface area contributed by atoms with Crippen LogP contribution in [0.25, 0.3) is 0 Å². The largest absolute Gasteiger partial charge is 0.490 e. The van der Waals surface area contributed by atoms with Gasteiger partial charge in [-0.2, -0.15) is 0 Å². The maximum Gasteiger partial charge on any atom is 0.169 e. The molecule has 1 aromatic rings. The van der Waals surface area contributed by atoms with E-state index in [1.54, 1.807) is 0 Å². The molecule has 0 radical (unpaired) electrons. The molecular formula is C18H26O2. The summed E-state index contributed by atoms with van der Waals surface area (Å²) < 4.78 is 5.79. The predicted octanol–water partition coefficient (Wildman–Crippen LogP) is 5.02. The Morgan fingerprint density at radius 2 is 1.65 bits per heavy atom. The summed E-state index contributed by atoms with van der Waals surface area (Å²) in [6.45, 7) is 3.99. The highest BCUT2D eigenvalue weighted by Gasteiger charge is 2.23. The van der Waals surface area contributed by atoms with Gasteiger partial charge in [-0.25, -0.2) is 0 Å². The number of Topliss-reactive ketones (excluding diaryl/α,β-unsaturated/α-hetero) is 1. The molecule has 2 nitrogen and oxygen atoms in total. The summed E-state index contributed by atoms with van der Waals surface area (Å²) in [5.74, 6) is 1.21. The van der Waals surface area contributed by atoms with E-state index in [0.29, 0.717) is 0 Å². The van der Waals surface area contributed by atoms with Crippen LogP contribution < -0.4 is 4.74 Å². The summed E-state index contributed by atoms with van der Waals surface area (Å²) in [6, 6.07) is 7.70. The van der Waals surface area contributed by atoms with Crippen molar-refractivity contribution in [3.8, 4) is 5.75 Å². The average molecular weight is 274 g/mol. The summed E-state index contributed by atoms with van der Waals surface area (Å²) in [5.41, 5.74) is 0.770. The Kier molecular flexibility index (Phi) is 5.63. The molecule has 1 aliphatic carbocycles. The summed E-state index contributed by atoms with van der Waals surface area (Å²) in [6.07, 6.45) is 8.41. The lowest BCUT2D eigenvalue weighted by Gasteiger charge is -2.20. The number of hydrogen-bond donors (Lipinski definition) is 0. The van der Waals surface area contributed by atoms with Gasteiger partial charge in [0.05, 0.1) is 11.7 Å². The fourth-order valence-corrected chi connectivity index (χ4v) is 2.97. The van der Waals surface area contributed by atoms with Gasteiger partial charge in [0.25, 0.3) is 0 Å². The molecule has 2 heteroatoms. The quantitative estimate of drug-likeness (QED) is 0.721. The summed E-state index contributed by atoms with van der Waals surface area (Å²) in [7, 11) is 0. The third-order valence-electron chi connectivity index (χ3n) is 3.99. The lowest BCUT2D eigenvalue weighted by atomic mass is 9.85. The maximum atomic E-state index is 12.8. The predicted molar refractivity (Wildman–Crippen MR) is 82.3 cm³/mol. The highest BCUT2D eigenvalue weighted by atomic mass is 16.5. The number of benzene rings is 1. The number of ketones is 1. The van der Waals surface area contributed by atoms with Crippen molar-refractivity contribution in [2.75, 3.05) is 0 Å². The molecule has 0 atom stereocenters. The molecule has 1 saturated carbocycles. The normalized spacial score (nSPS) is 17.6. The van der Waals surface area contributed by atoms with E-state index in [1.807, 2.05) is 38.1 Å². The minimum absolute atomic E-state index is 0.0984. The second-order valence-corrected chi connectivity index (χ2v) is 6.07. The van der Waals surface area contributed by atoms with Crippen LogP contribution in [0.2, 0.25) is 0 Å². The molecule has 0 amide bonds. The van der Waals surface area contributed by atoms with Crippen molar-refractivity contribution in [2.45, 2.75) is 64.9 Å². The zero-order valence-electron chi connectivity index (χ0n) is 12.7. The van der Waals surface area contributed by atoms with Gasteiger partial charge in [-0.1, -0.05) is 44.2 Å². The number of ether oxygens (including phenoxy) is 1. The van der Waals surface area contributed by atoms with E-state index in [9.17, 15) is 4.79 Å². The van der Waals surface area contributed by atoms with E-state index in [2.05, 4.69) is 0 Å². The fourth-order valence-electron chi connectivity index (χ4n) is 2.97. The number of carbonyl (C=O) groups is 1. The Labute approximate surface area is 122 Å². The second kappa shape index (κ2) is 7.47. The lowest BCUT2D eigenvalue weighted by Crippen LogP contribution is -2.18. The van der Waals surface area contributed by atoms with E-state index >= 15 is 0 Å². The lowest BCUT2D eigenvalue weighted by molar-refractivity contribution is 0.0892. The Balaban J connectivity index is 2.14. The number of rotatable bonds is 4. The summed E-state index contributed by atoms with van der Waals surface area (Å²) in [4.78, 5) is 12.8. The molecule has 0 N–H and O–H groups in total. The highest BCUT2D eigenvalue weighted by Crippen LogP contribution is 2.29. The van der Waals surface area contributed by atoms with Crippen molar-refractivity contribution < 1.29 is 9.53 Å². The molecule has 20 heavy (non-hydrogen) atoms. The van der Waals surface area contributed by atoms with Gasteiger partial charge >= 0.3 is 0 Å². The molecule has 2 rings (SSSR count). The Hall–Kier alpha value is -1.31. The van der Waals surface area contributed by atoms with Crippen LogP contribution in [0.5, 0.6) is 5.75 Å². The zero-order valence-corrected chi connectivity index (χ0v) is 12.7.